The van der Waals surface area contributed by atoms with E-state index in [1.54, 1.807) is 0 Å². The van der Waals surface area contributed by atoms with Crippen LogP contribution in [-0.2, 0) is 0 Å². The SMILES string of the molecule is c1ccc(-c2ccc3cc(-c4nc(-c5ccc6ccccc6c5)nc(-c5cc(-c6ccccc6)cc6sc7ccccc7c56)n4)ccc3c2)cc1. The van der Waals surface area contributed by atoms with Crippen LogP contribution in [0.15, 0.2) is 176 Å². The minimum absolute atomic E-state index is 0.648. The fourth-order valence-corrected chi connectivity index (χ4v) is 8.28. The fourth-order valence-electron chi connectivity index (χ4n) is 7.11. The maximum atomic E-state index is 5.29. The molecule has 4 heteroatoms. The third kappa shape index (κ3) is 5.34. The van der Waals surface area contributed by atoms with Crippen LogP contribution in [0.4, 0.5) is 0 Å². The largest absolute Gasteiger partial charge is 0.208 e. The summed E-state index contributed by atoms with van der Waals surface area (Å²) in [6.45, 7) is 0. The summed E-state index contributed by atoms with van der Waals surface area (Å²) in [6, 6.07) is 62.3. The molecule has 0 N–H and O–H groups in total. The molecule has 10 aromatic rings. The molecule has 8 aromatic carbocycles. The van der Waals surface area contributed by atoms with Gasteiger partial charge in [-0.3, -0.25) is 0 Å². The smallest absolute Gasteiger partial charge is 0.164 e. The van der Waals surface area contributed by atoms with Crippen LogP contribution in [-0.4, -0.2) is 15.0 Å². The molecule has 0 saturated heterocycles. The number of rotatable bonds is 5. The molecule has 0 aliphatic rings. The Hall–Kier alpha value is -6.49. The topological polar surface area (TPSA) is 38.7 Å². The van der Waals surface area contributed by atoms with Gasteiger partial charge in [-0.05, 0) is 80.2 Å². The first-order chi connectivity index (χ1) is 25.2. The Balaban J connectivity index is 1.21. The van der Waals surface area contributed by atoms with Gasteiger partial charge in [0, 0.05) is 36.9 Å². The molecular weight excluding hydrogens is 639 g/mol. The van der Waals surface area contributed by atoms with Crippen molar-refractivity contribution in [2.24, 2.45) is 0 Å². The molecule has 0 amide bonds. The van der Waals surface area contributed by atoms with Gasteiger partial charge in [-0.15, -0.1) is 11.3 Å². The number of benzene rings is 8. The van der Waals surface area contributed by atoms with Crippen LogP contribution in [0.2, 0.25) is 0 Å². The van der Waals surface area contributed by atoms with E-state index in [2.05, 4.69) is 176 Å². The summed E-state index contributed by atoms with van der Waals surface area (Å²) < 4.78 is 2.45. The van der Waals surface area contributed by atoms with Crippen LogP contribution in [0.3, 0.4) is 0 Å². The molecule has 3 nitrogen and oxygen atoms in total. The van der Waals surface area contributed by atoms with E-state index in [9.17, 15) is 0 Å². The maximum absolute atomic E-state index is 5.29. The number of fused-ring (bicyclic) bond motifs is 5. The van der Waals surface area contributed by atoms with Crippen molar-refractivity contribution in [2.75, 3.05) is 0 Å². The highest BCUT2D eigenvalue weighted by molar-refractivity contribution is 7.26. The lowest BCUT2D eigenvalue weighted by Crippen LogP contribution is -2.01. The Morgan fingerprint density at radius 3 is 1.53 bits per heavy atom. The quantitative estimate of drug-likeness (QED) is 0.183. The second kappa shape index (κ2) is 12.1. The summed E-state index contributed by atoms with van der Waals surface area (Å²) in [5.74, 6) is 1.96. The summed E-state index contributed by atoms with van der Waals surface area (Å²) in [5.41, 5.74) is 7.61. The van der Waals surface area contributed by atoms with Crippen LogP contribution >= 0.6 is 11.3 Å². The number of nitrogens with zero attached hydrogens (tertiary/aromatic N) is 3. The van der Waals surface area contributed by atoms with Gasteiger partial charge in [0.05, 0.1) is 0 Å². The number of thiophene rings is 1. The van der Waals surface area contributed by atoms with Crippen molar-refractivity contribution in [1.82, 2.24) is 15.0 Å². The van der Waals surface area contributed by atoms with Gasteiger partial charge in [-0.1, -0.05) is 140 Å². The van der Waals surface area contributed by atoms with E-state index in [0.717, 1.165) is 38.6 Å². The molecular formula is C47H29N3S. The lowest BCUT2D eigenvalue weighted by Gasteiger charge is -2.12. The molecule has 2 heterocycles. The van der Waals surface area contributed by atoms with Gasteiger partial charge in [-0.25, -0.2) is 15.0 Å². The average molecular weight is 668 g/mol. The maximum Gasteiger partial charge on any atom is 0.164 e. The molecule has 0 radical (unpaired) electrons. The zero-order valence-corrected chi connectivity index (χ0v) is 28.3. The molecule has 10 rings (SSSR count). The molecule has 0 atom stereocenters. The van der Waals surface area contributed by atoms with E-state index < -0.39 is 0 Å². The molecule has 2 aromatic heterocycles. The second-order valence-electron chi connectivity index (χ2n) is 12.9. The second-order valence-corrected chi connectivity index (χ2v) is 14.0. The predicted octanol–water partition coefficient (Wildman–Crippen LogP) is 12.9. The van der Waals surface area contributed by atoms with Gasteiger partial charge < -0.3 is 0 Å². The average Bonchev–Trinajstić information content (AvgIpc) is 3.59. The molecule has 238 valence electrons. The fraction of sp³-hybridized carbons (Fsp3) is 0. The zero-order chi connectivity index (χ0) is 33.7. The molecule has 0 fully saturated rings. The highest BCUT2D eigenvalue weighted by Gasteiger charge is 2.19. The third-order valence-electron chi connectivity index (χ3n) is 9.68. The van der Waals surface area contributed by atoms with E-state index in [1.165, 1.54) is 42.1 Å². The Morgan fingerprint density at radius 2 is 0.824 bits per heavy atom. The Labute approximate surface area is 299 Å². The predicted molar refractivity (Wildman–Crippen MR) is 215 cm³/mol. The van der Waals surface area contributed by atoms with Crippen molar-refractivity contribution in [2.45, 2.75) is 0 Å². The summed E-state index contributed by atoms with van der Waals surface area (Å²) in [6.07, 6.45) is 0. The Kier molecular flexibility index (Phi) is 7.00. The van der Waals surface area contributed by atoms with Crippen molar-refractivity contribution < 1.29 is 0 Å². The summed E-state index contributed by atoms with van der Waals surface area (Å²) in [4.78, 5) is 15.7. The first-order valence-electron chi connectivity index (χ1n) is 17.1. The lowest BCUT2D eigenvalue weighted by molar-refractivity contribution is 1.08. The van der Waals surface area contributed by atoms with Gasteiger partial charge in [0.25, 0.3) is 0 Å². The van der Waals surface area contributed by atoms with Crippen LogP contribution in [0.5, 0.6) is 0 Å². The number of hydrogen-bond acceptors (Lipinski definition) is 4. The molecule has 0 unspecified atom stereocenters. The number of hydrogen-bond donors (Lipinski definition) is 0. The molecule has 0 saturated carbocycles. The number of aromatic nitrogens is 3. The lowest BCUT2D eigenvalue weighted by atomic mass is 9.98. The summed E-state index contributed by atoms with van der Waals surface area (Å²) in [7, 11) is 0. The first kappa shape index (κ1) is 29.4. The van der Waals surface area contributed by atoms with Crippen molar-refractivity contribution in [3.05, 3.63) is 176 Å². The zero-order valence-electron chi connectivity index (χ0n) is 27.5. The Bertz CT molecular complexity index is 2910. The minimum atomic E-state index is 0.648. The molecule has 0 aliphatic heterocycles. The summed E-state index contributed by atoms with van der Waals surface area (Å²) >= 11 is 1.81. The Morgan fingerprint density at radius 1 is 0.314 bits per heavy atom. The minimum Gasteiger partial charge on any atom is -0.208 e. The van der Waals surface area contributed by atoms with Crippen LogP contribution in [0.25, 0.3) is 98.1 Å². The van der Waals surface area contributed by atoms with Crippen molar-refractivity contribution in [3.8, 4) is 56.4 Å². The third-order valence-corrected chi connectivity index (χ3v) is 10.8. The van der Waals surface area contributed by atoms with E-state index in [1.807, 2.05) is 11.3 Å². The molecule has 0 bridgehead atoms. The highest BCUT2D eigenvalue weighted by Crippen LogP contribution is 2.42. The van der Waals surface area contributed by atoms with E-state index >= 15 is 0 Å². The van der Waals surface area contributed by atoms with Gasteiger partial charge in [0.15, 0.2) is 17.5 Å². The van der Waals surface area contributed by atoms with Crippen LogP contribution < -0.4 is 0 Å². The van der Waals surface area contributed by atoms with Gasteiger partial charge in [-0.2, -0.15) is 0 Å². The molecule has 0 aliphatic carbocycles. The summed E-state index contributed by atoms with van der Waals surface area (Å²) in [5, 5.41) is 7.02. The van der Waals surface area contributed by atoms with Crippen molar-refractivity contribution >= 4 is 53.1 Å². The normalized spacial score (nSPS) is 11.5. The van der Waals surface area contributed by atoms with Crippen LogP contribution in [0.1, 0.15) is 0 Å². The van der Waals surface area contributed by atoms with Gasteiger partial charge in [0.1, 0.15) is 0 Å². The monoisotopic (exact) mass is 667 g/mol. The highest BCUT2D eigenvalue weighted by atomic mass is 32.1. The first-order valence-corrected chi connectivity index (χ1v) is 17.9. The van der Waals surface area contributed by atoms with Crippen molar-refractivity contribution in [3.63, 3.8) is 0 Å². The molecule has 0 spiro atoms. The van der Waals surface area contributed by atoms with Crippen molar-refractivity contribution in [1.29, 1.82) is 0 Å². The molecule has 51 heavy (non-hydrogen) atoms. The van der Waals surface area contributed by atoms with Gasteiger partial charge in [0.2, 0.25) is 0 Å². The van der Waals surface area contributed by atoms with E-state index in [0.29, 0.717) is 17.5 Å². The van der Waals surface area contributed by atoms with Gasteiger partial charge >= 0.3 is 0 Å². The van der Waals surface area contributed by atoms with E-state index in [-0.39, 0.29) is 0 Å². The van der Waals surface area contributed by atoms with E-state index in [4.69, 9.17) is 15.0 Å². The van der Waals surface area contributed by atoms with Crippen LogP contribution in [0, 0.1) is 0 Å². The standard InChI is InChI=1S/C47H29N3S/c1-3-11-30(12-4-1)34-20-21-36-27-38(24-22-35(36)25-34)46-48-45(37-23-19-32-15-7-8-16-33(32)26-37)49-47(50-46)41-28-39(31-13-5-2-6-14-31)29-43-44(41)40-17-9-10-18-42(40)51-43/h1-29H.